The molecule has 72 heavy (non-hydrogen) atoms. The lowest BCUT2D eigenvalue weighted by atomic mass is 9.88. The Bertz CT molecular complexity index is 2450. The van der Waals surface area contributed by atoms with Crippen molar-refractivity contribution in [3.63, 3.8) is 0 Å². The second-order valence-corrected chi connectivity index (χ2v) is 22.3. The Morgan fingerprint density at radius 1 is 0.903 bits per heavy atom. The van der Waals surface area contributed by atoms with Gasteiger partial charge >= 0.3 is 20.8 Å². The molecule has 0 aromatic carbocycles. The minimum absolute atomic E-state index is 0.0151. The van der Waals surface area contributed by atoms with Crippen molar-refractivity contribution >= 4 is 77.9 Å². The number of hydrogen-bond acceptors (Lipinski definition) is 13. The van der Waals surface area contributed by atoms with Crippen molar-refractivity contribution in [1.82, 2.24) is 20.2 Å². The van der Waals surface area contributed by atoms with Gasteiger partial charge in [-0.3, -0.25) is 33.3 Å². The Hall–Kier alpha value is -4.78. The number of nitrogens with zero attached hydrogens (tertiary/aromatic N) is 4. The maximum atomic E-state index is 17.0. The summed E-state index contributed by atoms with van der Waals surface area (Å²) in [5.74, 6) is -7.51. The van der Waals surface area contributed by atoms with Gasteiger partial charge in [0.1, 0.15) is 17.5 Å². The predicted molar refractivity (Wildman–Crippen MR) is 258 cm³/mol. The highest BCUT2D eigenvalue weighted by molar-refractivity contribution is 7.85. The first-order valence-corrected chi connectivity index (χ1v) is 27.7. The SMILES string of the molecule is CCCC1=CC(CCC(=O)NC(CS(=O)(=O)[O-])C(=O)CCCCCC(=O)CC(COP(=O)(O)O)C(=O)NCCCCC(=O)ON2C(=O)CCC2=O)=[N+]2C1=Cc1c(CCC)cc(CCC[N+](C)(C)C)n1[B-]2(F)F. The molecule has 1 fully saturated rings. The first-order chi connectivity index (χ1) is 33.6. The molecule has 0 saturated carbocycles. The number of hydrogen-bond donors (Lipinski definition) is 4. The minimum atomic E-state index is -5.03. The lowest BCUT2D eigenvalue weighted by molar-refractivity contribution is -0.870. The Balaban J connectivity index is 1.31. The second-order valence-electron chi connectivity index (χ2n) is 19.6. The normalized spacial score (nSPS) is 16.5. The van der Waals surface area contributed by atoms with Crippen LogP contribution in [-0.4, -0.2) is 148 Å². The molecule has 21 nitrogen and oxygen atoms in total. The molecule has 3 aliphatic rings. The van der Waals surface area contributed by atoms with Gasteiger partial charge in [0.25, 0.3) is 11.8 Å². The van der Waals surface area contributed by atoms with E-state index in [1.165, 1.54) is 0 Å². The molecule has 2 unspecified atom stereocenters. The molecule has 0 spiro atoms. The molecule has 0 bridgehead atoms. The number of phosphoric ester groups is 1. The number of ketones is 2. The molecule has 1 saturated heterocycles. The van der Waals surface area contributed by atoms with E-state index in [0.717, 1.165) is 27.5 Å². The van der Waals surface area contributed by atoms with E-state index in [-0.39, 0.29) is 82.9 Å². The van der Waals surface area contributed by atoms with Crippen LogP contribution in [0, 0.1) is 5.92 Å². The van der Waals surface area contributed by atoms with Crippen LogP contribution in [0.5, 0.6) is 0 Å². The van der Waals surface area contributed by atoms with Gasteiger partial charge in [-0.05, 0) is 62.3 Å². The fraction of sp³-hybridized carbons (Fsp3) is 0.652. The summed E-state index contributed by atoms with van der Waals surface area (Å²) >= 11 is 0. The summed E-state index contributed by atoms with van der Waals surface area (Å²) in [6.07, 6.45) is 6.28. The van der Waals surface area contributed by atoms with Crippen LogP contribution in [0.1, 0.15) is 140 Å². The zero-order chi connectivity index (χ0) is 53.6. The van der Waals surface area contributed by atoms with E-state index in [1.54, 1.807) is 12.2 Å². The molecular formula is C46H70BF2N6O15PS. The number of hydroxylamine groups is 2. The van der Waals surface area contributed by atoms with Crippen molar-refractivity contribution in [3.05, 3.63) is 40.4 Å². The Labute approximate surface area is 419 Å². The van der Waals surface area contributed by atoms with Gasteiger partial charge < -0.3 is 51.9 Å². The number of allylic oxidation sites excluding steroid dienone is 2. The molecule has 4 rings (SSSR count). The maximum Gasteiger partial charge on any atom is 0.737 e. The van der Waals surface area contributed by atoms with Gasteiger partial charge in [-0.2, -0.15) is 0 Å². The van der Waals surface area contributed by atoms with Gasteiger partial charge in [-0.1, -0.05) is 33.1 Å². The van der Waals surface area contributed by atoms with Crippen molar-refractivity contribution in [2.45, 2.75) is 142 Å². The van der Waals surface area contributed by atoms with E-state index in [9.17, 15) is 60.9 Å². The lowest BCUT2D eigenvalue weighted by Crippen LogP contribution is -2.51. The monoisotopic (exact) mass is 1060 g/mol. The number of carbonyl (C=O) groups is 7. The van der Waals surface area contributed by atoms with Crippen LogP contribution < -0.4 is 10.6 Å². The van der Waals surface area contributed by atoms with Gasteiger partial charge in [0.2, 0.25) is 11.8 Å². The number of imide groups is 1. The van der Waals surface area contributed by atoms with E-state index in [1.807, 2.05) is 41.1 Å². The summed E-state index contributed by atoms with van der Waals surface area (Å²) in [4.78, 5) is 111. The third-order valence-electron chi connectivity index (χ3n) is 12.3. The number of amides is 4. The van der Waals surface area contributed by atoms with Gasteiger partial charge in [0, 0.05) is 87.8 Å². The highest BCUT2D eigenvalue weighted by atomic mass is 32.2. The molecule has 0 radical (unpaired) electrons. The smallest absolute Gasteiger partial charge is 0.737 e. The van der Waals surface area contributed by atoms with E-state index in [4.69, 9.17) is 4.84 Å². The predicted octanol–water partition coefficient (Wildman–Crippen LogP) is 3.76. The van der Waals surface area contributed by atoms with Crippen LogP contribution in [-0.2, 0) is 70.4 Å². The Kier molecular flexibility index (Phi) is 22.0. The number of phosphoric acid groups is 1. The Morgan fingerprint density at radius 3 is 2.18 bits per heavy atom. The number of nitrogens with one attached hydrogen (secondary N) is 2. The number of aromatic nitrogens is 1. The second kappa shape index (κ2) is 26.4. The molecule has 26 heteroatoms. The molecule has 3 aliphatic heterocycles. The van der Waals surface area contributed by atoms with Crippen molar-refractivity contribution in [2.24, 2.45) is 5.92 Å². The summed E-state index contributed by atoms with van der Waals surface area (Å²) in [6, 6.07) is 0.155. The zero-order valence-corrected chi connectivity index (χ0v) is 43.5. The number of aryl methyl sites for hydroxylation is 2. The molecule has 1 aromatic rings. The standard InChI is InChI=1S/C46H70BF2N6O15PS/c1-6-14-32-26-35(16-13-25-55(3,4)5)52-39(32)29-40-33(15-7-2)27-36(53(40)47(52,48)49)20-21-42(58)51-38(31-72(66,67)68)41(57)18-10-8-9-17-37(56)28-34(30-69-71(63,64)65)46(62)50-24-12-11-19-45(61)70-54-43(59)22-23-44(54)60/h26-27,29,34,38H,6-25,28,30-31H2,1-5H3,(H4-,50,51,58,62,63,64,65,66,67,68). The third kappa shape index (κ3) is 18.3. The molecule has 4 heterocycles. The van der Waals surface area contributed by atoms with E-state index < -0.39 is 103 Å². The van der Waals surface area contributed by atoms with E-state index >= 15 is 8.63 Å². The molecule has 4 N–H and O–H groups in total. The quantitative estimate of drug-likeness (QED) is 0.0195. The zero-order valence-electron chi connectivity index (χ0n) is 41.8. The summed E-state index contributed by atoms with van der Waals surface area (Å²) in [6.45, 7) is -0.511. The van der Waals surface area contributed by atoms with Gasteiger partial charge in [-0.15, -0.1) is 5.06 Å². The minimum Gasteiger partial charge on any atom is -0.748 e. The highest BCUT2D eigenvalue weighted by Crippen LogP contribution is 2.40. The third-order valence-corrected chi connectivity index (χ3v) is 13.6. The van der Waals surface area contributed by atoms with Crippen molar-refractivity contribution in [3.8, 4) is 0 Å². The van der Waals surface area contributed by atoms with Crippen LogP contribution in [0.25, 0.3) is 6.08 Å². The molecule has 0 aliphatic carbocycles. The number of halogens is 2. The summed E-state index contributed by atoms with van der Waals surface area (Å²) in [5, 5.41) is 5.25. The van der Waals surface area contributed by atoms with Crippen LogP contribution in [0.2, 0.25) is 0 Å². The maximum absolute atomic E-state index is 17.0. The lowest BCUT2D eigenvalue weighted by Gasteiger charge is -2.32. The highest BCUT2D eigenvalue weighted by Gasteiger charge is 2.54. The largest absolute Gasteiger partial charge is 0.748 e. The first-order valence-electron chi connectivity index (χ1n) is 24.6. The van der Waals surface area contributed by atoms with Crippen LogP contribution in [0.3, 0.4) is 0 Å². The van der Waals surface area contributed by atoms with Gasteiger partial charge in [-0.25, -0.2) is 17.8 Å². The first kappa shape index (κ1) is 59.8. The van der Waals surface area contributed by atoms with Gasteiger partial charge in [0.15, 0.2) is 11.5 Å². The summed E-state index contributed by atoms with van der Waals surface area (Å²) in [5.41, 5.74) is 3.11. The molecule has 4 amide bonds. The fourth-order valence-corrected chi connectivity index (χ4v) is 9.97. The van der Waals surface area contributed by atoms with Crippen molar-refractivity contribution in [2.75, 3.05) is 46.6 Å². The topological polar surface area (TPSA) is 288 Å². The van der Waals surface area contributed by atoms with Gasteiger partial charge in [0.05, 0.1) is 56.1 Å². The van der Waals surface area contributed by atoms with Crippen LogP contribution in [0.4, 0.5) is 8.63 Å². The van der Waals surface area contributed by atoms with Crippen LogP contribution in [0.15, 0.2) is 23.4 Å². The molecule has 402 valence electrons. The van der Waals surface area contributed by atoms with Crippen molar-refractivity contribution < 1.29 is 87.8 Å². The van der Waals surface area contributed by atoms with E-state index in [2.05, 4.69) is 15.2 Å². The number of rotatable bonds is 33. The average molecular weight is 1060 g/mol. The van der Waals surface area contributed by atoms with E-state index in [0.29, 0.717) is 64.3 Å². The molecular weight excluding hydrogens is 988 g/mol. The fourth-order valence-electron chi connectivity index (χ4n) is 8.92. The Morgan fingerprint density at radius 2 is 1.56 bits per heavy atom. The summed E-state index contributed by atoms with van der Waals surface area (Å²) < 4.78 is 88.4. The number of fused-ring (bicyclic) bond motifs is 2. The molecule has 1 aromatic heterocycles. The molecule has 2 atom stereocenters. The number of carbonyl (C=O) groups excluding carboxylic acids is 7. The van der Waals surface area contributed by atoms with Crippen LogP contribution >= 0.6 is 7.82 Å². The number of quaternary nitrogens is 1. The average Bonchev–Trinajstić information content (AvgIpc) is 3.92. The number of unbranched alkanes of at least 4 members (excludes halogenated alkanes) is 3. The summed E-state index contributed by atoms with van der Waals surface area (Å²) in [7, 11) is -3.94. The number of Topliss-reactive ketones (excluding diaryl/α,β-unsaturated/α-hetero) is 2. The van der Waals surface area contributed by atoms with Crippen molar-refractivity contribution in [1.29, 1.82) is 0 Å².